The van der Waals surface area contributed by atoms with Crippen LogP contribution in [-0.2, 0) is 4.74 Å². The van der Waals surface area contributed by atoms with Crippen LogP contribution in [0.5, 0.6) is 0 Å². The monoisotopic (exact) mass is 222 g/mol. The quantitative estimate of drug-likeness (QED) is 0.760. The van der Waals surface area contributed by atoms with Crippen molar-refractivity contribution in [1.82, 2.24) is 10.2 Å². The lowest BCUT2D eigenvalue weighted by atomic mass is 10.1. The maximum absolute atomic E-state index is 10.8. The van der Waals surface area contributed by atoms with E-state index in [9.17, 15) is 4.79 Å². The summed E-state index contributed by atoms with van der Waals surface area (Å²) in [6.07, 6.45) is 1.92. The van der Waals surface area contributed by atoms with E-state index in [4.69, 9.17) is 10.5 Å². The van der Waals surface area contributed by atoms with Gasteiger partial charge in [0.2, 0.25) is 0 Å². The molecule has 0 spiro atoms. The van der Waals surface area contributed by atoms with Gasteiger partial charge in [0.15, 0.2) is 5.69 Å². The lowest BCUT2D eigenvalue weighted by Crippen LogP contribution is -2.28. The molecule has 0 aliphatic carbocycles. The van der Waals surface area contributed by atoms with E-state index >= 15 is 0 Å². The molecule has 1 saturated heterocycles. The van der Waals surface area contributed by atoms with Crippen LogP contribution in [0.15, 0.2) is 12.1 Å². The van der Waals surface area contributed by atoms with Crippen molar-refractivity contribution in [2.45, 2.75) is 18.9 Å². The highest BCUT2D eigenvalue weighted by Crippen LogP contribution is 2.12. The van der Waals surface area contributed by atoms with E-state index in [1.165, 1.54) is 0 Å². The van der Waals surface area contributed by atoms with E-state index in [0.29, 0.717) is 11.9 Å². The molecule has 0 bridgehead atoms. The highest BCUT2D eigenvalue weighted by molar-refractivity contribution is 5.90. The molecule has 86 valence electrons. The van der Waals surface area contributed by atoms with Gasteiger partial charge in [0.1, 0.15) is 5.82 Å². The third-order valence-corrected chi connectivity index (χ3v) is 2.49. The fourth-order valence-corrected chi connectivity index (χ4v) is 1.59. The zero-order chi connectivity index (χ0) is 11.4. The zero-order valence-electron chi connectivity index (χ0n) is 8.85. The molecule has 0 aromatic carbocycles. The predicted octanol–water partition coefficient (Wildman–Crippen LogP) is 0.166. The summed E-state index contributed by atoms with van der Waals surface area (Å²) in [6, 6.07) is 3.64. The van der Waals surface area contributed by atoms with E-state index in [-0.39, 0.29) is 5.69 Å². The number of nitrogens with one attached hydrogen (secondary N) is 1. The lowest BCUT2D eigenvalue weighted by molar-refractivity contribution is 0.0903. The van der Waals surface area contributed by atoms with Gasteiger partial charge in [0.05, 0.1) is 0 Å². The summed E-state index contributed by atoms with van der Waals surface area (Å²) < 4.78 is 5.25. The number of amides is 1. The number of carbonyl (C=O) groups is 1. The molecule has 0 radical (unpaired) electrons. The van der Waals surface area contributed by atoms with Crippen molar-refractivity contribution in [3.63, 3.8) is 0 Å². The van der Waals surface area contributed by atoms with E-state index in [1.807, 2.05) is 0 Å². The van der Waals surface area contributed by atoms with Gasteiger partial charge in [0, 0.05) is 19.3 Å². The number of nitrogens with two attached hydrogens (primary N) is 1. The molecule has 2 rings (SSSR count). The Morgan fingerprint density at radius 3 is 2.69 bits per heavy atom. The van der Waals surface area contributed by atoms with Gasteiger partial charge < -0.3 is 15.8 Å². The van der Waals surface area contributed by atoms with E-state index in [2.05, 4.69) is 15.5 Å². The molecule has 1 amide bonds. The molecule has 1 aromatic heterocycles. The summed E-state index contributed by atoms with van der Waals surface area (Å²) in [5.74, 6) is 0.0991. The lowest BCUT2D eigenvalue weighted by Gasteiger charge is -2.23. The summed E-state index contributed by atoms with van der Waals surface area (Å²) in [5, 5.41) is 10.9. The van der Waals surface area contributed by atoms with Crippen LogP contribution in [0.2, 0.25) is 0 Å². The number of aromatic nitrogens is 2. The number of nitrogens with zero attached hydrogens (tertiary/aromatic N) is 2. The van der Waals surface area contributed by atoms with Gasteiger partial charge in [-0.25, -0.2) is 0 Å². The standard InChI is InChI=1S/C10H14N4O2/c11-10(15)8-1-2-9(14-13-8)12-7-3-5-16-6-4-7/h1-2,7H,3-6H2,(H2,11,15)(H,12,14). The summed E-state index contributed by atoms with van der Waals surface area (Å²) in [5.41, 5.74) is 5.25. The van der Waals surface area contributed by atoms with Crippen LogP contribution in [0.4, 0.5) is 5.82 Å². The van der Waals surface area contributed by atoms with Crippen LogP contribution in [0.1, 0.15) is 23.3 Å². The number of hydrogen-bond donors (Lipinski definition) is 2. The van der Waals surface area contributed by atoms with Gasteiger partial charge in [0.25, 0.3) is 5.91 Å². The highest BCUT2D eigenvalue weighted by Gasteiger charge is 2.14. The maximum atomic E-state index is 10.8. The fourth-order valence-electron chi connectivity index (χ4n) is 1.59. The molecule has 1 aliphatic rings. The van der Waals surface area contributed by atoms with E-state index < -0.39 is 5.91 Å². The molecule has 1 fully saturated rings. The number of hydrogen-bond acceptors (Lipinski definition) is 5. The minimum absolute atomic E-state index is 0.178. The molecule has 1 aromatic rings. The molecule has 6 nitrogen and oxygen atoms in total. The van der Waals surface area contributed by atoms with Gasteiger partial charge in [-0.1, -0.05) is 0 Å². The maximum Gasteiger partial charge on any atom is 0.269 e. The normalized spacial score (nSPS) is 17.0. The van der Waals surface area contributed by atoms with Crippen molar-refractivity contribution >= 4 is 11.7 Å². The average Bonchev–Trinajstić information content (AvgIpc) is 2.31. The molecule has 1 aliphatic heterocycles. The zero-order valence-corrected chi connectivity index (χ0v) is 8.85. The number of ether oxygens (including phenoxy) is 1. The second kappa shape index (κ2) is 4.89. The highest BCUT2D eigenvalue weighted by atomic mass is 16.5. The van der Waals surface area contributed by atoms with Gasteiger partial charge in [-0.15, -0.1) is 10.2 Å². The van der Waals surface area contributed by atoms with E-state index in [0.717, 1.165) is 26.1 Å². The average molecular weight is 222 g/mol. The van der Waals surface area contributed by atoms with E-state index in [1.54, 1.807) is 12.1 Å². The molecule has 2 heterocycles. The van der Waals surface area contributed by atoms with Crippen LogP contribution >= 0.6 is 0 Å². The second-order valence-electron chi connectivity index (χ2n) is 3.70. The largest absolute Gasteiger partial charge is 0.381 e. The molecule has 0 saturated carbocycles. The predicted molar refractivity (Wildman–Crippen MR) is 58.0 cm³/mol. The fraction of sp³-hybridized carbons (Fsp3) is 0.500. The SMILES string of the molecule is NC(=O)c1ccc(NC2CCOCC2)nn1. The van der Waals surface area contributed by atoms with Crippen molar-refractivity contribution in [2.75, 3.05) is 18.5 Å². The Bertz CT molecular complexity index is 360. The first-order valence-corrected chi connectivity index (χ1v) is 5.23. The van der Waals surface area contributed by atoms with Crippen molar-refractivity contribution < 1.29 is 9.53 Å². The summed E-state index contributed by atoms with van der Waals surface area (Å²) >= 11 is 0. The third-order valence-electron chi connectivity index (χ3n) is 2.49. The van der Waals surface area contributed by atoms with Gasteiger partial charge >= 0.3 is 0 Å². The van der Waals surface area contributed by atoms with Crippen LogP contribution in [0, 0.1) is 0 Å². The van der Waals surface area contributed by atoms with Crippen LogP contribution in [0.3, 0.4) is 0 Å². The first-order chi connectivity index (χ1) is 7.75. The number of primary amides is 1. The molecular formula is C10H14N4O2. The minimum atomic E-state index is -0.565. The molecule has 0 atom stereocenters. The number of carbonyl (C=O) groups excluding carboxylic acids is 1. The molecule has 0 unspecified atom stereocenters. The Morgan fingerprint density at radius 1 is 1.38 bits per heavy atom. The topological polar surface area (TPSA) is 90.1 Å². The van der Waals surface area contributed by atoms with Gasteiger partial charge in [-0.05, 0) is 25.0 Å². The Morgan fingerprint density at radius 2 is 2.12 bits per heavy atom. The van der Waals surface area contributed by atoms with Crippen molar-refractivity contribution in [3.05, 3.63) is 17.8 Å². The van der Waals surface area contributed by atoms with Crippen molar-refractivity contribution in [3.8, 4) is 0 Å². The Hall–Kier alpha value is -1.69. The molecular weight excluding hydrogens is 208 g/mol. The third kappa shape index (κ3) is 2.66. The van der Waals surface area contributed by atoms with Gasteiger partial charge in [-0.2, -0.15) is 0 Å². The Labute approximate surface area is 93.2 Å². The summed E-state index contributed by atoms with van der Waals surface area (Å²) in [6.45, 7) is 1.54. The Balaban J connectivity index is 1.96. The molecule has 16 heavy (non-hydrogen) atoms. The summed E-state index contributed by atoms with van der Waals surface area (Å²) in [7, 11) is 0. The van der Waals surface area contributed by atoms with Crippen LogP contribution in [0.25, 0.3) is 0 Å². The van der Waals surface area contributed by atoms with Crippen LogP contribution < -0.4 is 11.1 Å². The number of rotatable bonds is 3. The number of anilines is 1. The molecule has 3 N–H and O–H groups in total. The van der Waals surface area contributed by atoms with Crippen LogP contribution in [-0.4, -0.2) is 35.4 Å². The Kier molecular flexibility index (Phi) is 3.31. The first kappa shape index (κ1) is 10.8. The second-order valence-corrected chi connectivity index (χ2v) is 3.70. The molecule has 6 heteroatoms. The smallest absolute Gasteiger partial charge is 0.269 e. The van der Waals surface area contributed by atoms with Crippen molar-refractivity contribution in [2.24, 2.45) is 5.73 Å². The summed E-state index contributed by atoms with van der Waals surface area (Å²) in [4.78, 5) is 10.8. The van der Waals surface area contributed by atoms with Gasteiger partial charge in [-0.3, -0.25) is 4.79 Å². The minimum Gasteiger partial charge on any atom is -0.381 e. The van der Waals surface area contributed by atoms with Crippen molar-refractivity contribution in [1.29, 1.82) is 0 Å². The first-order valence-electron chi connectivity index (χ1n) is 5.23.